The minimum Gasteiger partial charge on any atom is -0.334 e. The summed E-state index contributed by atoms with van der Waals surface area (Å²) in [5.41, 5.74) is 4.61. The van der Waals surface area contributed by atoms with E-state index < -0.39 is 0 Å². The van der Waals surface area contributed by atoms with Crippen molar-refractivity contribution in [2.24, 2.45) is 17.8 Å². The molecule has 0 aliphatic heterocycles. The highest BCUT2D eigenvalue weighted by molar-refractivity contribution is 6.30. The van der Waals surface area contributed by atoms with Gasteiger partial charge in [0.2, 0.25) is 0 Å². The normalized spacial score (nSPS) is 29.8. The zero-order valence-electron chi connectivity index (χ0n) is 17.3. The molecule has 154 valence electrons. The molecule has 4 aliphatic rings. The van der Waals surface area contributed by atoms with E-state index in [2.05, 4.69) is 35.1 Å². The van der Waals surface area contributed by atoms with Gasteiger partial charge >= 0.3 is 6.03 Å². The van der Waals surface area contributed by atoms with Crippen molar-refractivity contribution < 1.29 is 4.79 Å². The highest BCUT2D eigenvalue weighted by Gasteiger charge is 2.51. The number of carbonyl (C=O) groups is 1. The molecule has 4 fully saturated rings. The van der Waals surface area contributed by atoms with Crippen molar-refractivity contribution in [2.75, 3.05) is 0 Å². The number of carbonyl (C=O) groups excluding carboxylic acids is 1. The fourth-order valence-electron chi connectivity index (χ4n) is 6.72. The smallest absolute Gasteiger partial charge is 0.315 e. The van der Waals surface area contributed by atoms with Crippen molar-refractivity contribution in [3.63, 3.8) is 0 Å². The number of nitrogens with one attached hydrogen (secondary N) is 2. The highest BCUT2D eigenvalue weighted by Crippen LogP contribution is 2.55. The van der Waals surface area contributed by atoms with E-state index in [9.17, 15) is 4.79 Å². The maximum absolute atomic E-state index is 12.8. The first-order valence-electron chi connectivity index (χ1n) is 10.9. The van der Waals surface area contributed by atoms with Gasteiger partial charge in [0.25, 0.3) is 0 Å². The number of benzene rings is 1. The third kappa shape index (κ3) is 3.56. The molecule has 0 unspecified atom stereocenters. The second-order valence-electron chi connectivity index (χ2n) is 9.71. The van der Waals surface area contributed by atoms with Gasteiger partial charge < -0.3 is 15.2 Å². The zero-order valence-corrected chi connectivity index (χ0v) is 18.1. The summed E-state index contributed by atoms with van der Waals surface area (Å²) in [6, 6.07) is 10.0. The van der Waals surface area contributed by atoms with Gasteiger partial charge in [-0.25, -0.2) is 4.79 Å². The molecule has 0 radical (unpaired) electrons. The van der Waals surface area contributed by atoms with E-state index in [-0.39, 0.29) is 11.6 Å². The average Bonchev–Trinajstić information content (AvgIpc) is 2.93. The lowest BCUT2D eigenvalue weighted by molar-refractivity contribution is -0.0135. The first-order chi connectivity index (χ1) is 13.9. The maximum Gasteiger partial charge on any atom is 0.315 e. The number of aromatic nitrogens is 1. The van der Waals surface area contributed by atoms with E-state index in [4.69, 9.17) is 11.6 Å². The molecular formula is C24H30ClN3O. The van der Waals surface area contributed by atoms with Gasteiger partial charge in [-0.05, 0) is 106 Å². The number of urea groups is 1. The van der Waals surface area contributed by atoms with E-state index in [0.717, 1.165) is 45.4 Å². The van der Waals surface area contributed by atoms with Crippen LogP contribution in [-0.4, -0.2) is 16.1 Å². The minimum atomic E-state index is -0.0109. The van der Waals surface area contributed by atoms with Gasteiger partial charge in [0.15, 0.2) is 0 Å². The summed E-state index contributed by atoms with van der Waals surface area (Å²) >= 11 is 6.03. The van der Waals surface area contributed by atoms with Gasteiger partial charge in [-0.15, -0.1) is 0 Å². The van der Waals surface area contributed by atoms with Gasteiger partial charge in [0.05, 0.1) is 0 Å². The maximum atomic E-state index is 12.8. The predicted octanol–water partition coefficient (Wildman–Crippen LogP) is 5.52. The van der Waals surface area contributed by atoms with Crippen LogP contribution >= 0.6 is 11.6 Å². The lowest BCUT2D eigenvalue weighted by atomic mass is 9.53. The van der Waals surface area contributed by atoms with Crippen LogP contribution in [0.5, 0.6) is 0 Å². The lowest BCUT2D eigenvalue weighted by Gasteiger charge is -2.56. The molecule has 4 bridgehead atoms. The summed E-state index contributed by atoms with van der Waals surface area (Å²) in [4.78, 5) is 12.8. The van der Waals surface area contributed by atoms with Crippen LogP contribution < -0.4 is 10.6 Å². The van der Waals surface area contributed by atoms with Crippen molar-refractivity contribution in [2.45, 2.75) is 64.5 Å². The first-order valence-corrected chi connectivity index (χ1v) is 11.3. The van der Waals surface area contributed by atoms with Crippen molar-refractivity contribution in [1.82, 2.24) is 15.2 Å². The van der Waals surface area contributed by atoms with Crippen LogP contribution in [0.25, 0.3) is 5.69 Å². The molecule has 0 saturated heterocycles. The Bertz CT molecular complexity index is 895. The van der Waals surface area contributed by atoms with E-state index in [0.29, 0.717) is 6.54 Å². The Morgan fingerprint density at radius 1 is 1.07 bits per heavy atom. The molecule has 4 aliphatic carbocycles. The van der Waals surface area contributed by atoms with E-state index in [1.54, 1.807) is 0 Å². The number of rotatable bonds is 4. The number of aryl methyl sites for hydroxylation is 1. The number of hydrogen-bond donors (Lipinski definition) is 2. The molecule has 2 aromatic rings. The number of amides is 2. The Labute approximate surface area is 178 Å². The van der Waals surface area contributed by atoms with Crippen LogP contribution in [0.1, 0.15) is 55.5 Å². The molecule has 2 amide bonds. The summed E-state index contributed by atoms with van der Waals surface area (Å²) in [6.45, 7) is 4.75. The van der Waals surface area contributed by atoms with Gasteiger partial charge in [-0.2, -0.15) is 0 Å². The highest BCUT2D eigenvalue weighted by atomic mass is 35.5. The minimum absolute atomic E-state index is 0.0109. The van der Waals surface area contributed by atoms with Crippen molar-refractivity contribution in [3.05, 3.63) is 52.3 Å². The molecule has 1 aromatic carbocycles. The van der Waals surface area contributed by atoms with Crippen molar-refractivity contribution in [1.29, 1.82) is 0 Å². The summed E-state index contributed by atoms with van der Waals surface area (Å²) in [6.07, 6.45) is 7.70. The Balaban J connectivity index is 1.25. The topological polar surface area (TPSA) is 46.1 Å². The summed E-state index contributed by atoms with van der Waals surface area (Å²) in [5.74, 6) is 2.50. The molecule has 29 heavy (non-hydrogen) atoms. The summed E-state index contributed by atoms with van der Waals surface area (Å²) < 4.78 is 2.21. The summed E-state index contributed by atoms with van der Waals surface area (Å²) in [5, 5.41) is 7.27. The van der Waals surface area contributed by atoms with Crippen molar-refractivity contribution >= 4 is 17.6 Å². The quantitative estimate of drug-likeness (QED) is 0.684. The van der Waals surface area contributed by atoms with Crippen LogP contribution in [0.4, 0.5) is 4.79 Å². The lowest BCUT2D eigenvalue weighted by Crippen LogP contribution is -2.61. The molecule has 0 spiro atoms. The Morgan fingerprint density at radius 3 is 2.24 bits per heavy atom. The van der Waals surface area contributed by atoms with Crippen LogP contribution in [0.15, 0.2) is 30.3 Å². The van der Waals surface area contributed by atoms with Gasteiger partial charge in [0.1, 0.15) is 0 Å². The molecule has 1 aromatic heterocycles. The number of halogens is 1. The van der Waals surface area contributed by atoms with E-state index in [1.807, 2.05) is 24.3 Å². The Morgan fingerprint density at radius 2 is 1.66 bits per heavy atom. The first kappa shape index (κ1) is 19.0. The number of hydrogen-bond acceptors (Lipinski definition) is 1. The fraction of sp³-hybridized carbons (Fsp3) is 0.542. The van der Waals surface area contributed by atoms with E-state index in [1.165, 1.54) is 38.5 Å². The second-order valence-corrected chi connectivity index (χ2v) is 10.2. The standard InChI is InChI=1S/C24H30ClN3O/c1-15-7-20(16(2)28(15)22-5-3-21(25)4-6-22)14-26-23(29)27-24-11-17-8-18(12-24)10-19(9-17)13-24/h3-7,17-19H,8-14H2,1-2H3,(H2,26,27,29). The Hall–Kier alpha value is -1.94. The summed E-state index contributed by atoms with van der Waals surface area (Å²) in [7, 11) is 0. The molecule has 5 heteroatoms. The largest absolute Gasteiger partial charge is 0.334 e. The molecule has 4 nitrogen and oxygen atoms in total. The molecule has 4 saturated carbocycles. The third-order valence-corrected chi connectivity index (χ3v) is 7.73. The molecular weight excluding hydrogens is 382 g/mol. The fourth-order valence-corrected chi connectivity index (χ4v) is 6.85. The average molecular weight is 412 g/mol. The van der Waals surface area contributed by atoms with Crippen LogP contribution in [0.3, 0.4) is 0 Å². The zero-order chi connectivity index (χ0) is 20.2. The molecule has 6 rings (SSSR count). The molecule has 0 atom stereocenters. The Kier molecular flexibility index (Phi) is 4.65. The second kappa shape index (κ2) is 7.09. The number of nitrogens with zero attached hydrogens (tertiary/aromatic N) is 1. The van der Waals surface area contributed by atoms with Crippen molar-refractivity contribution in [3.8, 4) is 5.69 Å². The van der Waals surface area contributed by atoms with Crippen LogP contribution in [-0.2, 0) is 6.54 Å². The van der Waals surface area contributed by atoms with Crippen LogP contribution in [0, 0.1) is 31.6 Å². The SMILES string of the molecule is Cc1cc(CNC(=O)NC23CC4CC(CC(C4)C2)C3)c(C)n1-c1ccc(Cl)cc1. The van der Waals surface area contributed by atoms with E-state index >= 15 is 0 Å². The van der Waals surface area contributed by atoms with Crippen LogP contribution in [0.2, 0.25) is 5.02 Å². The van der Waals surface area contributed by atoms with Gasteiger partial charge in [0, 0.05) is 34.2 Å². The third-order valence-electron chi connectivity index (χ3n) is 7.48. The predicted molar refractivity (Wildman–Crippen MR) is 117 cm³/mol. The molecule has 2 N–H and O–H groups in total. The molecule has 1 heterocycles. The monoisotopic (exact) mass is 411 g/mol. The van der Waals surface area contributed by atoms with Gasteiger partial charge in [-0.3, -0.25) is 0 Å². The van der Waals surface area contributed by atoms with Gasteiger partial charge in [-0.1, -0.05) is 11.6 Å².